The average molecular weight is 252 g/mol. The van der Waals surface area contributed by atoms with E-state index in [4.69, 9.17) is 5.11 Å². The number of thioether (sulfide) groups is 1. The summed E-state index contributed by atoms with van der Waals surface area (Å²) in [5, 5.41) is 12.3. The highest BCUT2D eigenvalue weighted by Crippen LogP contribution is 2.24. The third-order valence-electron chi connectivity index (χ3n) is 1.82. The molecule has 2 aromatic heterocycles. The van der Waals surface area contributed by atoms with E-state index in [1.165, 1.54) is 11.8 Å². The van der Waals surface area contributed by atoms with Gasteiger partial charge in [0, 0.05) is 17.8 Å². The van der Waals surface area contributed by atoms with Gasteiger partial charge < -0.3 is 5.11 Å². The van der Waals surface area contributed by atoms with Crippen LogP contribution in [0.15, 0.2) is 34.9 Å². The number of thiazole rings is 1. The molecule has 4 nitrogen and oxygen atoms in total. The highest BCUT2D eigenvalue weighted by Gasteiger charge is 2.11. The molecule has 2 rings (SSSR count). The number of pyridine rings is 1. The molecule has 0 amide bonds. The normalized spacial score (nSPS) is 10.2. The number of nitrogens with zero attached hydrogens (tertiary/aromatic N) is 2. The van der Waals surface area contributed by atoms with Crippen LogP contribution >= 0.6 is 23.1 Å². The smallest absolute Gasteiger partial charge is 0.338 e. The van der Waals surface area contributed by atoms with Crippen LogP contribution in [0.4, 0.5) is 0 Å². The molecule has 2 aromatic rings. The minimum absolute atomic E-state index is 0.240. The van der Waals surface area contributed by atoms with Gasteiger partial charge in [-0.3, -0.25) is 0 Å². The van der Waals surface area contributed by atoms with Crippen molar-refractivity contribution in [1.82, 2.24) is 9.97 Å². The molecule has 0 radical (unpaired) electrons. The molecule has 6 heteroatoms. The number of carboxylic acids is 1. The van der Waals surface area contributed by atoms with Crippen LogP contribution < -0.4 is 0 Å². The number of rotatable bonds is 4. The fraction of sp³-hybridized carbons (Fsp3) is 0.100. The van der Waals surface area contributed by atoms with Crippen LogP contribution in [0, 0.1) is 0 Å². The Morgan fingerprint density at radius 3 is 3.00 bits per heavy atom. The largest absolute Gasteiger partial charge is 0.478 e. The summed E-state index contributed by atoms with van der Waals surface area (Å²) in [6.07, 6.45) is 3.33. The molecule has 0 bridgehead atoms. The van der Waals surface area contributed by atoms with Crippen LogP contribution in [0.3, 0.4) is 0 Å². The van der Waals surface area contributed by atoms with E-state index in [-0.39, 0.29) is 5.56 Å². The Morgan fingerprint density at radius 2 is 2.31 bits per heavy atom. The fourth-order valence-corrected chi connectivity index (χ4v) is 2.75. The number of hydrogen-bond acceptors (Lipinski definition) is 5. The van der Waals surface area contributed by atoms with Crippen LogP contribution in [0.1, 0.15) is 15.4 Å². The Bertz CT molecular complexity index is 485. The van der Waals surface area contributed by atoms with Crippen molar-refractivity contribution in [3.8, 4) is 0 Å². The van der Waals surface area contributed by atoms with E-state index in [1.54, 1.807) is 35.9 Å². The summed E-state index contributed by atoms with van der Waals surface area (Å²) in [6, 6.07) is 3.18. The maximum atomic E-state index is 10.9. The topological polar surface area (TPSA) is 63.1 Å². The van der Waals surface area contributed by atoms with Crippen molar-refractivity contribution in [2.75, 3.05) is 0 Å². The first-order chi connectivity index (χ1) is 7.77. The third kappa shape index (κ3) is 2.59. The Labute approximate surface area is 100 Å². The Hall–Kier alpha value is -1.40. The van der Waals surface area contributed by atoms with E-state index in [0.717, 1.165) is 5.01 Å². The first kappa shape index (κ1) is 11.1. The van der Waals surface area contributed by atoms with E-state index < -0.39 is 5.97 Å². The van der Waals surface area contributed by atoms with Crippen molar-refractivity contribution in [3.05, 3.63) is 40.5 Å². The average Bonchev–Trinajstić information content (AvgIpc) is 2.79. The van der Waals surface area contributed by atoms with Gasteiger partial charge in [-0.15, -0.1) is 11.3 Å². The summed E-state index contributed by atoms with van der Waals surface area (Å²) in [6.45, 7) is 0. The number of aromatic nitrogens is 2. The molecule has 0 saturated heterocycles. The Kier molecular flexibility index (Phi) is 3.53. The summed E-state index contributed by atoms with van der Waals surface area (Å²) in [4.78, 5) is 19.1. The number of hydrogen-bond donors (Lipinski definition) is 1. The van der Waals surface area contributed by atoms with Gasteiger partial charge in [-0.1, -0.05) is 11.8 Å². The van der Waals surface area contributed by atoms with E-state index in [1.807, 2.05) is 5.38 Å². The molecular formula is C10H8N2O2S2. The molecule has 1 N–H and O–H groups in total. The molecule has 0 aliphatic heterocycles. The summed E-state index contributed by atoms with van der Waals surface area (Å²) < 4.78 is 0. The van der Waals surface area contributed by atoms with Gasteiger partial charge in [0.1, 0.15) is 10.0 Å². The van der Waals surface area contributed by atoms with Crippen molar-refractivity contribution in [2.24, 2.45) is 0 Å². The molecule has 0 saturated carbocycles. The second kappa shape index (κ2) is 5.09. The monoisotopic (exact) mass is 252 g/mol. The molecule has 0 aliphatic rings. The fourth-order valence-electron chi connectivity index (χ4n) is 1.12. The third-order valence-corrected chi connectivity index (χ3v) is 3.80. The zero-order chi connectivity index (χ0) is 11.4. The summed E-state index contributed by atoms with van der Waals surface area (Å²) >= 11 is 2.94. The van der Waals surface area contributed by atoms with Crippen molar-refractivity contribution in [3.63, 3.8) is 0 Å². The zero-order valence-corrected chi connectivity index (χ0v) is 9.79. The molecule has 0 fully saturated rings. The van der Waals surface area contributed by atoms with Crippen LogP contribution in [0.2, 0.25) is 0 Å². The minimum atomic E-state index is -0.949. The van der Waals surface area contributed by atoms with Gasteiger partial charge >= 0.3 is 5.97 Å². The predicted octanol–water partition coefficient (Wildman–Crippen LogP) is 2.53. The quantitative estimate of drug-likeness (QED) is 0.847. The van der Waals surface area contributed by atoms with Gasteiger partial charge in [0.15, 0.2) is 0 Å². The van der Waals surface area contributed by atoms with E-state index in [2.05, 4.69) is 9.97 Å². The lowest BCUT2D eigenvalue weighted by Gasteiger charge is -2.02. The summed E-state index contributed by atoms with van der Waals surface area (Å²) in [7, 11) is 0. The minimum Gasteiger partial charge on any atom is -0.478 e. The van der Waals surface area contributed by atoms with E-state index in [9.17, 15) is 4.79 Å². The number of carbonyl (C=O) groups is 1. The first-order valence-electron chi connectivity index (χ1n) is 4.47. The Balaban J connectivity index is 2.12. The highest BCUT2D eigenvalue weighted by atomic mass is 32.2. The summed E-state index contributed by atoms with van der Waals surface area (Å²) in [5.41, 5.74) is 0.240. The molecule has 2 heterocycles. The van der Waals surface area contributed by atoms with Gasteiger partial charge in [-0.05, 0) is 12.1 Å². The number of aromatic carboxylic acids is 1. The molecule has 0 atom stereocenters. The maximum Gasteiger partial charge on any atom is 0.338 e. The van der Waals surface area contributed by atoms with Crippen LogP contribution in [0.25, 0.3) is 0 Å². The zero-order valence-electron chi connectivity index (χ0n) is 8.16. The maximum absolute atomic E-state index is 10.9. The standard InChI is InChI=1S/C10H8N2O2S2/c13-10(14)7-2-1-3-12-9(7)16-6-8-11-4-5-15-8/h1-5H,6H2,(H,13,14). The molecule has 16 heavy (non-hydrogen) atoms. The molecular weight excluding hydrogens is 244 g/mol. The SMILES string of the molecule is O=C(O)c1cccnc1SCc1nccs1. The van der Waals surface area contributed by atoms with Gasteiger partial charge in [-0.2, -0.15) is 0 Å². The van der Waals surface area contributed by atoms with E-state index >= 15 is 0 Å². The predicted molar refractivity (Wildman–Crippen MR) is 62.9 cm³/mol. The molecule has 0 aliphatic carbocycles. The van der Waals surface area contributed by atoms with Crippen LogP contribution in [0.5, 0.6) is 0 Å². The van der Waals surface area contributed by atoms with Crippen molar-refractivity contribution in [2.45, 2.75) is 10.8 Å². The lowest BCUT2D eigenvalue weighted by Crippen LogP contribution is -2.00. The Morgan fingerprint density at radius 1 is 1.44 bits per heavy atom. The van der Waals surface area contributed by atoms with Crippen molar-refractivity contribution in [1.29, 1.82) is 0 Å². The first-order valence-corrected chi connectivity index (χ1v) is 6.33. The van der Waals surface area contributed by atoms with E-state index in [0.29, 0.717) is 10.8 Å². The van der Waals surface area contributed by atoms with Crippen LogP contribution in [-0.2, 0) is 5.75 Å². The summed E-state index contributed by atoms with van der Waals surface area (Å²) in [5.74, 6) is -0.302. The lowest BCUT2D eigenvalue weighted by molar-refractivity contribution is 0.0692. The molecule has 0 spiro atoms. The van der Waals surface area contributed by atoms with Gasteiger partial charge in [-0.25, -0.2) is 14.8 Å². The second-order valence-corrected chi connectivity index (χ2v) is 4.82. The van der Waals surface area contributed by atoms with Gasteiger partial charge in [0.2, 0.25) is 0 Å². The van der Waals surface area contributed by atoms with Gasteiger partial charge in [0.25, 0.3) is 0 Å². The molecule has 0 aromatic carbocycles. The van der Waals surface area contributed by atoms with Crippen molar-refractivity contribution >= 4 is 29.1 Å². The molecule has 0 unspecified atom stereocenters. The number of carboxylic acid groups (broad SMARTS) is 1. The second-order valence-electron chi connectivity index (χ2n) is 2.88. The lowest BCUT2D eigenvalue weighted by atomic mass is 10.3. The van der Waals surface area contributed by atoms with Crippen LogP contribution in [-0.4, -0.2) is 21.0 Å². The molecule has 82 valence electrons. The van der Waals surface area contributed by atoms with Crippen molar-refractivity contribution < 1.29 is 9.90 Å². The highest BCUT2D eigenvalue weighted by molar-refractivity contribution is 7.98. The van der Waals surface area contributed by atoms with Gasteiger partial charge in [0.05, 0.1) is 11.3 Å².